The average molecular weight is 275 g/mol. The van der Waals surface area contributed by atoms with E-state index in [-0.39, 0.29) is 11.7 Å². The van der Waals surface area contributed by atoms with Crippen molar-refractivity contribution in [2.45, 2.75) is 39.2 Å². The van der Waals surface area contributed by atoms with Crippen molar-refractivity contribution in [1.82, 2.24) is 5.32 Å². The van der Waals surface area contributed by atoms with E-state index < -0.39 is 5.41 Å². The fraction of sp³-hybridized carbons (Fsp3) is 0.467. The molecular formula is C15H21N3O2. The Kier molecular flexibility index (Phi) is 3.97. The highest BCUT2D eigenvalue weighted by molar-refractivity contribution is 6.09. The van der Waals surface area contributed by atoms with E-state index in [0.717, 1.165) is 5.56 Å². The molecule has 0 aliphatic heterocycles. The van der Waals surface area contributed by atoms with Gasteiger partial charge in [0.1, 0.15) is 5.41 Å². The van der Waals surface area contributed by atoms with Crippen molar-refractivity contribution >= 4 is 11.7 Å². The molecular weight excluding hydrogens is 254 g/mol. The van der Waals surface area contributed by atoms with Gasteiger partial charge in [-0.15, -0.1) is 0 Å². The van der Waals surface area contributed by atoms with Crippen LogP contribution in [0.3, 0.4) is 0 Å². The zero-order valence-electron chi connectivity index (χ0n) is 11.9. The Morgan fingerprint density at radius 3 is 2.45 bits per heavy atom. The van der Waals surface area contributed by atoms with Gasteiger partial charge in [0, 0.05) is 6.54 Å². The molecule has 0 unspecified atom stereocenters. The molecule has 0 heterocycles. The smallest absolute Gasteiger partial charge is 0.234 e. The van der Waals surface area contributed by atoms with Gasteiger partial charge < -0.3 is 16.3 Å². The number of nitrogens with one attached hydrogen (secondary N) is 1. The number of oxime groups is 1. The molecule has 5 nitrogen and oxygen atoms in total. The summed E-state index contributed by atoms with van der Waals surface area (Å²) in [4.78, 5) is 12.1. The molecule has 0 saturated heterocycles. The van der Waals surface area contributed by atoms with Gasteiger partial charge in [0.05, 0.1) is 0 Å². The van der Waals surface area contributed by atoms with Gasteiger partial charge in [0.25, 0.3) is 0 Å². The lowest BCUT2D eigenvalue weighted by molar-refractivity contribution is -0.124. The zero-order chi connectivity index (χ0) is 14.8. The van der Waals surface area contributed by atoms with Crippen molar-refractivity contribution < 1.29 is 10.0 Å². The summed E-state index contributed by atoms with van der Waals surface area (Å²) in [6.45, 7) is 4.74. The Bertz CT molecular complexity index is 516. The Labute approximate surface area is 118 Å². The Morgan fingerprint density at radius 1 is 1.40 bits per heavy atom. The van der Waals surface area contributed by atoms with E-state index in [1.165, 1.54) is 5.56 Å². The van der Waals surface area contributed by atoms with Crippen molar-refractivity contribution in [1.29, 1.82) is 0 Å². The van der Waals surface area contributed by atoms with E-state index in [0.29, 0.717) is 25.3 Å². The lowest BCUT2D eigenvalue weighted by atomic mass is 10.0. The number of amides is 1. The fourth-order valence-electron chi connectivity index (χ4n) is 2.19. The Hall–Kier alpha value is -2.04. The minimum Gasteiger partial charge on any atom is -0.409 e. The van der Waals surface area contributed by atoms with Crippen molar-refractivity contribution in [2.75, 3.05) is 0 Å². The van der Waals surface area contributed by atoms with Crippen LogP contribution >= 0.6 is 0 Å². The highest BCUT2D eigenvalue weighted by Gasteiger charge is 2.54. The molecule has 1 aliphatic carbocycles. The maximum Gasteiger partial charge on any atom is 0.234 e. The molecule has 1 saturated carbocycles. The highest BCUT2D eigenvalue weighted by atomic mass is 16.4. The number of nitrogens with two attached hydrogens (primary N) is 1. The predicted molar refractivity (Wildman–Crippen MR) is 77.5 cm³/mol. The van der Waals surface area contributed by atoms with Crippen molar-refractivity contribution in [3.05, 3.63) is 35.4 Å². The lowest BCUT2D eigenvalue weighted by Crippen LogP contribution is -2.40. The maximum absolute atomic E-state index is 12.1. The molecule has 1 amide bonds. The topological polar surface area (TPSA) is 87.7 Å². The third kappa shape index (κ3) is 2.76. The maximum atomic E-state index is 12.1. The average Bonchev–Trinajstić information content (AvgIpc) is 3.26. The highest BCUT2D eigenvalue weighted by Crippen LogP contribution is 2.46. The van der Waals surface area contributed by atoms with Gasteiger partial charge in [-0.1, -0.05) is 43.3 Å². The number of hydrogen-bond donors (Lipinski definition) is 3. The molecule has 2 rings (SSSR count). The van der Waals surface area contributed by atoms with E-state index in [9.17, 15) is 4.79 Å². The first kappa shape index (κ1) is 14.4. The zero-order valence-corrected chi connectivity index (χ0v) is 11.9. The summed E-state index contributed by atoms with van der Waals surface area (Å²) >= 11 is 0. The first-order chi connectivity index (χ1) is 9.49. The SMILES string of the molecule is CC(C)c1ccc(CNC(=O)C2(/C(N)=N/O)CC2)cc1. The molecule has 1 fully saturated rings. The number of carbonyl (C=O) groups is 1. The molecule has 108 valence electrons. The second-order valence-corrected chi connectivity index (χ2v) is 5.65. The molecule has 0 aromatic heterocycles. The van der Waals surface area contributed by atoms with Crippen LogP contribution in [-0.2, 0) is 11.3 Å². The summed E-state index contributed by atoms with van der Waals surface area (Å²) in [7, 11) is 0. The van der Waals surface area contributed by atoms with Crippen molar-refractivity contribution in [2.24, 2.45) is 16.3 Å². The van der Waals surface area contributed by atoms with Crippen LogP contribution in [0.25, 0.3) is 0 Å². The summed E-state index contributed by atoms with van der Waals surface area (Å²) in [6.07, 6.45) is 1.28. The molecule has 5 heteroatoms. The first-order valence-electron chi connectivity index (χ1n) is 6.85. The van der Waals surface area contributed by atoms with Crippen LogP contribution in [-0.4, -0.2) is 17.0 Å². The second-order valence-electron chi connectivity index (χ2n) is 5.65. The van der Waals surface area contributed by atoms with Crippen molar-refractivity contribution in [3.8, 4) is 0 Å². The molecule has 0 bridgehead atoms. The quantitative estimate of drug-likeness (QED) is 0.332. The van der Waals surface area contributed by atoms with Gasteiger partial charge in [0.15, 0.2) is 5.84 Å². The molecule has 1 aromatic rings. The summed E-state index contributed by atoms with van der Waals surface area (Å²) in [6, 6.07) is 8.17. The molecule has 4 N–H and O–H groups in total. The van der Waals surface area contributed by atoms with Crippen LogP contribution in [0.5, 0.6) is 0 Å². The number of benzene rings is 1. The van der Waals surface area contributed by atoms with Crippen molar-refractivity contribution in [3.63, 3.8) is 0 Å². The Morgan fingerprint density at radius 2 is 2.00 bits per heavy atom. The number of hydrogen-bond acceptors (Lipinski definition) is 3. The molecule has 0 radical (unpaired) electrons. The van der Waals surface area contributed by atoms with E-state index in [1.807, 2.05) is 12.1 Å². The first-order valence-corrected chi connectivity index (χ1v) is 6.85. The lowest BCUT2D eigenvalue weighted by Gasteiger charge is -2.14. The number of carbonyl (C=O) groups excluding carboxylic acids is 1. The molecule has 1 aromatic carbocycles. The van der Waals surface area contributed by atoms with E-state index in [4.69, 9.17) is 10.9 Å². The van der Waals surface area contributed by atoms with Crippen LogP contribution < -0.4 is 11.1 Å². The van der Waals surface area contributed by atoms with Gasteiger partial charge >= 0.3 is 0 Å². The largest absolute Gasteiger partial charge is 0.409 e. The van der Waals surface area contributed by atoms with Gasteiger partial charge in [-0.25, -0.2) is 0 Å². The van der Waals surface area contributed by atoms with Crippen LogP contribution in [0, 0.1) is 5.41 Å². The standard InChI is InChI=1S/C15H21N3O2/c1-10(2)12-5-3-11(4-6-12)9-17-14(19)15(7-8-15)13(16)18-20/h3-6,10,20H,7-9H2,1-2H3,(H2,16,18)(H,17,19). The number of amidine groups is 1. The van der Waals surface area contributed by atoms with Crippen LogP contribution in [0.2, 0.25) is 0 Å². The van der Waals surface area contributed by atoms with Gasteiger partial charge in [-0.05, 0) is 29.9 Å². The summed E-state index contributed by atoms with van der Waals surface area (Å²) in [5, 5.41) is 14.5. The summed E-state index contributed by atoms with van der Waals surface area (Å²) in [5.41, 5.74) is 7.10. The van der Waals surface area contributed by atoms with Gasteiger partial charge in [-0.3, -0.25) is 4.79 Å². The van der Waals surface area contributed by atoms with Gasteiger partial charge in [-0.2, -0.15) is 0 Å². The van der Waals surface area contributed by atoms with E-state index >= 15 is 0 Å². The molecule has 20 heavy (non-hydrogen) atoms. The van der Waals surface area contributed by atoms with Crippen LogP contribution in [0.15, 0.2) is 29.4 Å². The Balaban J connectivity index is 1.94. The van der Waals surface area contributed by atoms with E-state index in [2.05, 4.69) is 36.5 Å². The predicted octanol–water partition coefficient (Wildman–Crippen LogP) is 1.95. The molecule has 1 aliphatic rings. The molecule has 0 spiro atoms. The third-order valence-corrected chi connectivity index (χ3v) is 3.88. The van der Waals surface area contributed by atoms with Gasteiger partial charge in [0.2, 0.25) is 5.91 Å². The number of nitrogens with zero attached hydrogens (tertiary/aromatic N) is 1. The summed E-state index contributed by atoms with van der Waals surface area (Å²) < 4.78 is 0. The normalized spacial score (nSPS) is 17.1. The third-order valence-electron chi connectivity index (χ3n) is 3.88. The summed E-state index contributed by atoms with van der Waals surface area (Å²) in [5.74, 6) is 0.333. The van der Waals surface area contributed by atoms with Crippen LogP contribution in [0.1, 0.15) is 43.7 Å². The van der Waals surface area contributed by atoms with E-state index in [1.54, 1.807) is 0 Å². The minimum atomic E-state index is -0.785. The molecule has 0 atom stereocenters. The minimum absolute atomic E-state index is 0.00477. The second kappa shape index (κ2) is 5.53. The fourth-order valence-corrected chi connectivity index (χ4v) is 2.19. The number of rotatable bonds is 5. The van der Waals surface area contributed by atoms with Crippen LogP contribution in [0.4, 0.5) is 0 Å². The monoisotopic (exact) mass is 275 g/mol.